The molecule has 2 aromatic rings. The summed E-state index contributed by atoms with van der Waals surface area (Å²) in [6.45, 7) is 4.17. The first kappa shape index (κ1) is 12.8. The van der Waals surface area contributed by atoms with Gasteiger partial charge in [0.25, 0.3) is 0 Å². The number of hydrogen-bond donors (Lipinski definition) is 1. The Morgan fingerprint density at radius 1 is 1.39 bits per heavy atom. The van der Waals surface area contributed by atoms with Gasteiger partial charge in [0.2, 0.25) is 5.89 Å². The van der Waals surface area contributed by atoms with Gasteiger partial charge in [-0.3, -0.25) is 0 Å². The number of hydrogen-bond acceptors (Lipinski definition) is 4. The summed E-state index contributed by atoms with van der Waals surface area (Å²) in [5.41, 5.74) is 2.46. The second-order valence-corrected chi connectivity index (χ2v) is 4.66. The maximum absolute atomic E-state index is 5.24. The highest BCUT2D eigenvalue weighted by atomic mass is 16.5. The quantitative estimate of drug-likeness (QED) is 0.876. The Morgan fingerprint density at radius 2 is 2.22 bits per heavy atom. The Balaban J connectivity index is 2.02. The molecule has 18 heavy (non-hydrogen) atoms. The van der Waals surface area contributed by atoms with Gasteiger partial charge in [-0.15, -0.1) is 0 Å². The van der Waals surface area contributed by atoms with Crippen LogP contribution in [-0.4, -0.2) is 23.2 Å². The van der Waals surface area contributed by atoms with Gasteiger partial charge in [-0.05, 0) is 26.5 Å². The minimum atomic E-state index is 0.345. The van der Waals surface area contributed by atoms with Crippen LogP contribution in [0, 0.1) is 6.92 Å². The highest BCUT2D eigenvalue weighted by molar-refractivity contribution is 5.24. The molecule has 96 valence electrons. The molecule has 2 rings (SSSR count). The first-order valence-corrected chi connectivity index (χ1v) is 6.21. The van der Waals surface area contributed by atoms with Crippen LogP contribution in [0.4, 0.5) is 0 Å². The molecule has 1 aromatic heterocycles. The van der Waals surface area contributed by atoms with Gasteiger partial charge in [-0.1, -0.05) is 35.0 Å². The van der Waals surface area contributed by atoms with E-state index in [1.54, 1.807) is 0 Å². The lowest BCUT2D eigenvalue weighted by molar-refractivity contribution is 0.361. The molecule has 4 heteroatoms. The number of aromatic nitrogens is 2. The van der Waals surface area contributed by atoms with Gasteiger partial charge in [0.15, 0.2) is 5.82 Å². The van der Waals surface area contributed by atoms with Crippen molar-refractivity contribution in [1.29, 1.82) is 0 Å². The zero-order valence-electron chi connectivity index (χ0n) is 11.1. The van der Waals surface area contributed by atoms with Crippen molar-refractivity contribution in [2.24, 2.45) is 0 Å². The third-order valence-electron chi connectivity index (χ3n) is 2.93. The molecule has 0 aliphatic rings. The topological polar surface area (TPSA) is 51.0 Å². The fourth-order valence-electron chi connectivity index (χ4n) is 1.81. The standard InChI is InChI=1S/C14H19N3O/c1-10-5-4-6-12(7-10)9-13-16-14(18-17-13)8-11(2)15-3/h4-7,11,15H,8-9H2,1-3H3. The van der Waals surface area contributed by atoms with Crippen LogP contribution in [0.5, 0.6) is 0 Å². The molecule has 1 N–H and O–H groups in total. The van der Waals surface area contributed by atoms with Gasteiger partial charge in [0.1, 0.15) is 0 Å². The van der Waals surface area contributed by atoms with Gasteiger partial charge in [0.05, 0.1) is 0 Å². The smallest absolute Gasteiger partial charge is 0.228 e. The molecular formula is C14H19N3O. The van der Waals surface area contributed by atoms with Crippen LogP contribution in [0.25, 0.3) is 0 Å². The number of rotatable bonds is 5. The van der Waals surface area contributed by atoms with Gasteiger partial charge in [-0.25, -0.2) is 0 Å². The third-order valence-corrected chi connectivity index (χ3v) is 2.93. The van der Waals surface area contributed by atoms with Crippen molar-refractivity contribution < 1.29 is 4.52 Å². The van der Waals surface area contributed by atoms with Gasteiger partial charge in [0, 0.05) is 18.9 Å². The Labute approximate surface area is 107 Å². The van der Waals surface area contributed by atoms with Crippen molar-refractivity contribution in [3.8, 4) is 0 Å². The molecule has 0 bridgehead atoms. The summed E-state index contributed by atoms with van der Waals surface area (Å²) in [7, 11) is 1.93. The van der Waals surface area contributed by atoms with E-state index in [0.29, 0.717) is 11.9 Å². The van der Waals surface area contributed by atoms with Crippen LogP contribution in [0.3, 0.4) is 0 Å². The van der Waals surface area contributed by atoms with Crippen LogP contribution >= 0.6 is 0 Å². The molecule has 0 radical (unpaired) electrons. The number of benzene rings is 1. The second kappa shape index (κ2) is 5.78. The Bertz CT molecular complexity index is 507. The molecule has 4 nitrogen and oxygen atoms in total. The van der Waals surface area contributed by atoms with Gasteiger partial charge >= 0.3 is 0 Å². The Hall–Kier alpha value is -1.68. The number of likely N-dealkylation sites (N-methyl/N-ethyl adjacent to an activating group) is 1. The number of aryl methyl sites for hydroxylation is 1. The lowest BCUT2D eigenvalue weighted by atomic mass is 10.1. The summed E-state index contributed by atoms with van der Waals surface area (Å²) in [4.78, 5) is 4.41. The molecule has 0 saturated carbocycles. The van der Waals surface area contributed by atoms with E-state index in [9.17, 15) is 0 Å². The Kier molecular flexibility index (Phi) is 4.10. The molecule has 1 atom stereocenters. The lowest BCUT2D eigenvalue weighted by Crippen LogP contribution is -2.23. The monoisotopic (exact) mass is 245 g/mol. The highest BCUT2D eigenvalue weighted by Gasteiger charge is 2.09. The van der Waals surface area contributed by atoms with Gasteiger partial charge < -0.3 is 9.84 Å². The van der Waals surface area contributed by atoms with Crippen molar-refractivity contribution in [2.75, 3.05) is 7.05 Å². The SMILES string of the molecule is CNC(C)Cc1nc(Cc2cccc(C)c2)no1. The lowest BCUT2D eigenvalue weighted by Gasteiger charge is -2.04. The summed E-state index contributed by atoms with van der Waals surface area (Å²) in [5, 5.41) is 7.17. The average molecular weight is 245 g/mol. The minimum Gasteiger partial charge on any atom is -0.339 e. The van der Waals surface area contributed by atoms with Crippen molar-refractivity contribution in [1.82, 2.24) is 15.5 Å². The highest BCUT2D eigenvalue weighted by Crippen LogP contribution is 2.09. The van der Waals surface area contributed by atoms with E-state index in [2.05, 4.69) is 53.6 Å². The predicted octanol–water partition coefficient (Wildman–Crippen LogP) is 2.12. The van der Waals surface area contributed by atoms with Crippen molar-refractivity contribution >= 4 is 0 Å². The average Bonchev–Trinajstić information content (AvgIpc) is 2.76. The van der Waals surface area contributed by atoms with Crippen LogP contribution in [0.15, 0.2) is 28.8 Å². The molecule has 0 spiro atoms. The van der Waals surface area contributed by atoms with Gasteiger partial charge in [-0.2, -0.15) is 4.98 Å². The van der Waals surface area contributed by atoms with Crippen molar-refractivity contribution in [3.63, 3.8) is 0 Å². The first-order valence-electron chi connectivity index (χ1n) is 6.21. The summed E-state index contributed by atoms with van der Waals surface area (Å²) in [6, 6.07) is 8.71. The van der Waals surface area contributed by atoms with E-state index >= 15 is 0 Å². The molecule has 0 aliphatic heterocycles. The molecule has 0 aliphatic carbocycles. The predicted molar refractivity (Wildman–Crippen MR) is 70.5 cm³/mol. The maximum Gasteiger partial charge on any atom is 0.228 e. The molecular weight excluding hydrogens is 226 g/mol. The summed E-state index contributed by atoms with van der Waals surface area (Å²) >= 11 is 0. The third kappa shape index (κ3) is 3.40. The number of nitrogens with zero attached hydrogens (tertiary/aromatic N) is 2. The van der Waals surface area contributed by atoms with E-state index in [4.69, 9.17) is 4.52 Å². The molecule has 0 amide bonds. The normalized spacial score (nSPS) is 12.6. The zero-order chi connectivity index (χ0) is 13.0. The zero-order valence-corrected chi connectivity index (χ0v) is 11.1. The molecule has 1 unspecified atom stereocenters. The second-order valence-electron chi connectivity index (χ2n) is 4.66. The fourth-order valence-corrected chi connectivity index (χ4v) is 1.81. The Morgan fingerprint density at radius 3 is 2.94 bits per heavy atom. The maximum atomic E-state index is 5.24. The van der Waals surface area contributed by atoms with E-state index in [0.717, 1.165) is 18.7 Å². The van der Waals surface area contributed by atoms with E-state index in [1.165, 1.54) is 11.1 Å². The molecule has 1 heterocycles. The first-order chi connectivity index (χ1) is 8.67. The van der Waals surface area contributed by atoms with Crippen LogP contribution in [-0.2, 0) is 12.8 Å². The van der Waals surface area contributed by atoms with Crippen molar-refractivity contribution in [3.05, 3.63) is 47.1 Å². The molecule has 1 aromatic carbocycles. The fraction of sp³-hybridized carbons (Fsp3) is 0.429. The van der Waals surface area contributed by atoms with E-state index in [1.807, 2.05) is 7.05 Å². The minimum absolute atomic E-state index is 0.345. The summed E-state index contributed by atoms with van der Waals surface area (Å²) in [6.07, 6.45) is 1.48. The van der Waals surface area contributed by atoms with Crippen molar-refractivity contribution in [2.45, 2.75) is 32.7 Å². The molecule has 0 fully saturated rings. The van der Waals surface area contributed by atoms with Crippen LogP contribution in [0.1, 0.15) is 29.8 Å². The van der Waals surface area contributed by atoms with E-state index < -0.39 is 0 Å². The van der Waals surface area contributed by atoms with Crippen LogP contribution < -0.4 is 5.32 Å². The number of nitrogens with one attached hydrogen (secondary N) is 1. The summed E-state index contributed by atoms with van der Waals surface area (Å²) in [5.74, 6) is 1.44. The largest absolute Gasteiger partial charge is 0.339 e. The summed E-state index contributed by atoms with van der Waals surface area (Å²) < 4.78 is 5.24. The van der Waals surface area contributed by atoms with Crippen LogP contribution in [0.2, 0.25) is 0 Å². The van der Waals surface area contributed by atoms with E-state index in [-0.39, 0.29) is 0 Å². The molecule has 0 saturated heterocycles.